The lowest BCUT2D eigenvalue weighted by Gasteiger charge is -2.26. The van der Waals surface area contributed by atoms with E-state index in [1.807, 2.05) is 0 Å². The van der Waals surface area contributed by atoms with Crippen molar-refractivity contribution in [3.63, 3.8) is 0 Å². The number of hydrogen-bond donors (Lipinski definition) is 1. The maximum atomic E-state index is 11.6. The van der Waals surface area contributed by atoms with Crippen LogP contribution in [0.1, 0.15) is 41.0 Å². The summed E-state index contributed by atoms with van der Waals surface area (Å²) in [7, 11) is 0. The minimum atomic E-state index is 0.172. The molecule has 3 heteroatoms. The summed E-state index contributed by atoms with van der Waals surface area (Å²) in [5.74, 6) is 1.08. The van der Waals surface area contributed by atoms with E-state index in [0.717, 1.165) is 11.9 Å². The fraction of sp³-hybridized carbons (Fsp3) is 0.917. The second-order valence-electron chi connectivity index (χ2n) is 5.53. The predicted molar refractivity (Wildman–Crippen MR) is 69.2 cm³/mol. The van der Waals surface area contributed by atoms with E-state index in [0.29, 0.717) is 18.3 Å². The number of hydrogen-bond acceptors (Lipinski definition) is 1. The van der Waals surface area contributed by atoms with Crippen LogP contribution in [-0.2, 0) is 4.79 Å². The number of rotatable bonds is 5. The molecule has 1 amide bonds. The Kier molecular flexibility index (Phi) is 6.49. The molecular formula is C12H24BrNO. The number of carbonyl (C=O) groups is 1. The number of carbonyl (C=O) groups excluding carboxylic acids is 1. The SMILES string of the molecule is CC(CBr)CNC(=O)CC(C)C(C)(C)C. The Labute approximate surface area is 102 Å². The molecule has 0 aromatic carbocycles. The van der Waals surface area contributed by atoms with Crippen LogP contribution in [-0.4, -0.2) is 17.8 Å². The molecule has 0 spiro atoms. The molecule has 15 heavy (non-hydrogen) atoms. The zero-order valence-electron chi connectivity index (χ0n) is 10.6. The Hall–Kier alpha value is -0.0500. The van der Waals surface area contributed by atoms with Crippen LogP contribution >= 0.6 is 15.9 Å². The van der Waals surface area contributed by atoms with Gasteiger partial charge in [-0.2, -0.15) is 0 Å². The normalized spacial score (nSPS) is 15.9. The van der Waals surface area contributed by atoms with Gasteiger partial charge in [-0.05, 0) is 17.3 Å². The third kappa shape index (κ3) is 6.93. The summed E-state index contributed by atoms with van der Waals surface area (Å²) in [4.78, 5) is 11.6. The van der Waals surface area contributed by atoms with Gasteiger partial charge >= 0.3 is 0 Å². The van der Waals surface area contributed by atoms with Crippen LogP contribution in [0.3, 0.4) is 0 Å². The van der Waals surface area contributed by atoms with Crippen molar-refractivity contribution in [2.75, 3.05) is 11.9 Å². The molecule has 0 rings (SSSR count). The van der Waals surface area contributed by atoms with E-state index in [2.05, 4.69) is 55.9 Å². The smallest absolute Gasteiger partial charge is 0.220 e. The van der Waals surface area contributed by atoms with Gasteiger partial charge in [0.25, 0.3) is 0 Å². The standard InChI is InChI=1S/C12H24BrNO/c1-9(7-13)8-14-11(15)6-10(2)12(3,4)5/h9-10H,6-8H2,1-5H3,(H,14,15). The van der Waals surface area contributed by atoms with Crippen LogP contribution in [0.5, 0.6) is 0 Å². The third-order valence-corrected chi connectivity index (χ3v) is 3.99. The zero-order chi connectivity index (χ0) is 12.1. The maximum absolute atomic E-state index is 11.6. The van der Waals surface area contributed by atoms with E-state index in [9.17, 15) is 4.79 Å². The van der Waals surface area contributed by atoms with Gasteiger partial charge in [0.15, 0.2) is 0 Å². The summed E-state index contributed by atoms with van der Waals surface area (Å²) in [6, 6.07) is 0. The Morgan fingerprint density at radius 1 is 1.33 bits per heavy atom. The van der Waals surface area contributed by atoms with Crippen molar-refractivity contribution in [3.8, 4) is 0 Å². The molecule has 90 valence electrons. The summed E-state index contributed by atoms with van der Waals surface area (Å²) in [6.07, 6.45) is 0.624. The van der Waals surface area contributed by atoms with Gasteiger partial charge in [-0.1, -0.05) is 50.5 Å². The van der Waals surface area contributed by atoms with Gasteiger partial charge in [-0.25, -0.2) is 0 Å². The summed E-state index contributed by atoms with van der Waals surface area (Å²) in [5, 5.41) is 3.90. The van der Waals surface area contributed by atoms with Crippen molar-refractivity contribution >= 4 is 21.8 Å². The van der Waals surface area contributed by atoms with Crippen LogP contribution in [0.15, 0.2) is 0 Å². The minimum Gasteiger partial charge on any atom is -0.356 e. The summed E-state index contributed by atoms with van der Waals surface area (Å²) < 4.78 is 0. The number of amides is 1. The van der Waals surface area contributed by atoms with Crippen LogP contribution in [0.25, 0.3) is 0 Å². The third-order valence-electron chi connectivity index (χ3n) is 2.88. The second-order valence-corrected chi connectivity index (χ2v) is 6.18. The van der Waals surface area contributed by atoms with Crippen molar-refractivity contribution in [3.05, 3.63) is 0 Å². The first-order valence-electron chi connectivity index (χ1n) is 5.60. The quantitative estimate of drug-likeness (QED) is 0.769. The molecule has 0 heterocycles. The fourth-order valence-corrected chi connectivity index (χ4v) is 1.23. The molecule has 0 bridgehead atoms. The molecule has 0 fully saturated rings. The number of alkyl halides is 1. The van der Waals surface area contributed by atoms with Crippen LogP contribution < -0.4 is 5.32 Å². The molecule has 2 unspecified atom stereocenters. The molecule has 2 atom stereocenters. The lowest BCUT2D eigenvalue weighted by Crippen LogP contribution is -2.32. The van der Waals surface area contributed by atoms with Crippen molar-refractivity contribution < 1.29 is 4.79 Å². The number of nitrogens with one attached hydrogen (secondary N) is 1. The largest absolute Gasteiger partial charge is 0.356 e. The zero-order valence-corrected chi connectivity index (χ0v) is 12.1. The average Bonchev–Trinajstić information content (AvgIpc) is 2.12. The van der Waals surface area contributed by atoms with E-state index < -0.39 is 0 Å². The van der Waals surface area contributed by atoms with Gasteiger partial charge in [-0.3, -0.25) is 4.79 Å². The molecule has 0 saturated heterocycles. The van der Waals surface area contributed by atoms with Crippen molar-refractivity contribution in [1.29, 1.82) is 0 Å². The molecule has 1 N–H and O–H groups in total. The minimum absolute atomic E-state index is 0.172. The highest BCUT2D eigenvalue weighted by Gasteiger charge is 2.22. The lowest BCUT2D eigenvalue weighted by molar-refractivity contribution is -0.122. The fourth-order valence-electron chi connectivity index (χ4n) is 0.999. The highest BCUT2D eigenvalue weighted by molar-refractivity contribution is 9.09. The van der Waals surface area contributed by atoms with Crippen LogP contribution in [0.4, 0.5) is 0 Å². The van der Waals surface area contributed by atoms with E-state index in [1.54, 1.807) is 0 Å². The maximum Gasteiger partial charge on any atom is 0.220 e. The predicted octanol–water partition coefficient (Wildman–Crippen LogP) is 3.21. The molecule has 2 nitrogen and oxygen atoms in total. The van der Waals surface area contributed by atoms with Gasteiger partial charge in [0.2, 0.25) is 5.91 Å². The molecule has 0 aromatic rings. The van der Waals surface area contributed by atoms with E-state index >= 15 is 0 Å². The highest BCUT2D eigenvalue weighted by atomic mass is 79.9. The van der Waals surface area contributed by atoms with Gasteiger partial charge in [0, 0.05) is 18.3 Å². The monoisotopic (exact) mass is 277 g/mol. The molecule has 0 aliphatic heterocycles. The van der Waals surface area contributed by atoms with Gasteiger partial charge in [0.1, 0.15) is 0 Å². The Bertz CT molecular complexity index is 198. The van der Waals surface area contributed by atoms with E-state index in [1.165, 1.54) is 0 Å². The van der Waals surface area contributed by atoms with Crippen LogP contribution in [0.2, 0.25) is 0 Å². The molecule has 0 aliphatic carbocycles. The molecule has 0 saturated carbocycles. The van der Waals surface area contributed by atoms with Crippen molar-refractivity contribution in [2.24, 2.45) is 17.3 Å². The second kappa shape index (κ2) is 6.51. The highest BCUT2D eigenvalue weighted by Crippen LogP contribution is 2.27. The Balaban J connectivity index is 3.84. The number of halogens is 1. The van der Waals surface area contributed by atoms with E-state index in [-0.39, 0.29) is 11.3 Å². The summed E-state index contributed by atoms with van der Waals surface area (Å²) in [5.41, 5.74) is 0.207. The molecular weight excluding hydrogens is 254 g/mol. The topological polar surface area (TPSA) is 29.1 Å². The van der Waals surface area contributed by atoms with Gasteiger partial charge in [-0.15, -0.1) is 0 Å². The molecule has 0 aliphatic rings. The van der Waals surface area contributed by atoms with Crippen molar-refractivity contribution in [1.82, 2.24) is 5.32 Å². The Morgan fingerprint density at radius 2 is 1.87 bits per heavy atom. The van der Waals surface area contributed by atoms with Gasteiger partial charge < -0.3 is 5.32 Å². The molecule has 0 radical (unpaired) electrons. The summed E-state index contributed by atoms with van der Waals surface area (Å²) in [6.45, 7) is 11.5. The summed E-state index contributed by atoms with van der Waals surface area (Å²) >= 11 is 3.40. The van der Waals surface area contributed by atoms with Gasteiger partial charge in [0.05, 0.1) is 0 Å². The van der Waals surface area contributed by atoms with E-state index in [4.69, 9.17) is 0 Å². The van der Waals surface area contributed by atoms with Crippen LogP contribution in [0, 0.1) is 17.3 Å². The molecule has 0 aromatic heterocycles. The first-order valence-corrected chi connectivity index (χ1v) is 6.72. The average molecular weight is 278 g/mol. The first kappa shape index (κ1) is 14.9. The Morgan fingerprint density at radius 3 is 2.27 bits per heavy atom. The first-order chi connectivity index (χ1) is 6.77. The lowest BCUT2D eigenvalue weighted by atomic mass is 9.80. The van der Waals surface area contributed by atoms with Crippen molar-refractivity contribution in [2.45, 2.75) is 41.0 Å².